The maximum atomic E-state index is 12.2. The molecule has 1 saturated carbocycles. The lowest BCUT2D eigenvalue weighted by Gasteiger charge is -2.19. The van der Waals surface area contributed by atoms with Crippen LogP contribution in [-0.4, -0.2) is 19.0 Å². The molecule has 1 aromatic carbocycles. The molecule has 0 aliphatic heterocycles. The van der Waals surface area contributed by atoms with E-state index in [0.29, 0.717) is 12.1 Å². The highest BCUT2D eigenvalue weighted by Gasteiger charge is 2.38. The largest absolute Gasteiger partial charge is 0.326 e. The zero-order chi connectivity index (χ0) is 20.0. The second-order valence-corrected chi connectivity index (χ2v) is 7.86. The van der Waals surface area contributed by atoms with Crippen molar-refractivity contribution < 1.29 is 4.79 Å². The number of aldehydes is 1. The lowest BCUT2D eigenvalue weighted by atomic mass is 9.88. The van der Waals surface area contributed by atoms with E-state index in [-0.39, 0.29) is 5.41 Å². The van der Waals surface area contributed by atoms with E-state index in [1.165, 1.54) is 18.4 Å². The molecule has 2 rings (SSSR count). The van der Waals surface area contributed by atoms with E-state index in [1.807, 2.05) is 25.3 Å². The Morgan fingerprint density at radius 3 is 2.41 bits per heavy atom. The summed E-state index contributed by atoms with van der Waals surface area (Å²) in [6.07, 6.45) is 6.92. The Labute approximate surface area is 163 Å². The van der Waals surface area contributed by atoms with Gasteiger partial charge < -0.3 is 5.73 Å². The van der Waals surface area contributed by atoms with Crippen LogP contribution in [0.4, 0.5) is 0 Å². The van der Waals surface area contributed by atoms with E-state index in [1.54, 1.807) is 0 Å². The Kier molecular flexibility index (Phi) is 7.09. The van der Waals surface area contributed by atoms with Crippen LogP contribution in [0.25, 0.3) is 5.57 Å². The fourth-order valence-electron chi connectivity index (χ4n) is 3.14. The molecule has 3 heteroatoms. The van der Waals surface area contributed by atoms with Gasteiger partial charge in [-0.05, 0) is 61.7 Å². The number of aryl methyl sites for hydroxylation is 1. The first-order valence-corrected chi connectivity index (χ1v) is 9.72. The van der Waals surface area contributed by atoms with Gasteiger partial charge in [-0.3, -0.25) is 9.79 Å². The molecule has 144 valence electrons. The third kappa shape index (κ3) is 5.36. The molecule has 27 heavy (non-hydrogen) atoms. The molecule has 0 unspecified atom stereocenters. The van der Waals surface area contributed by atoms with Gasteiger partial charge in [0.1, 0.15) is 0 Å². The summed E-state index contributed by atoms with van der Waals surface area (Å²) >= 11 is 0. The van der Waals surface area contributed by atoms with E-state index in [2.05, 4.69) is 39.5 Å². The molecule has 0 bridgehead atoms. The molecule has 0 amide bonds. The number of hydrogen-bond donors (Lipinski definition) is 1. The van der Waals surface area contributed by atoms with Gasteiger partial charge in [0.25, 0.3) is 0 Å². The number of nitrogens with two attached hydrogens (primary N) is 1. The van der Waals surface area contributed by atoms with Gasteiger partial charge in [0.2, 0.25) is 0 Å². The monoisotopic (exact) mass is 364 g/mol. The first-order chi connectivity index (χ1) is 12.8. The number of nitrogens with zero attached hydrogens (tertiary/aromatic N) is 1. The van der Waals surface area contributed by atoms with Crippen molar-refractivity contribution >= 4 is 18.1 Å². The summed E-state index contributed by atoms with van der Waals surface area (Å²) in [6, 6.07) is 8.22. The summed E-state index contributed by atoms with van der Waals surface area (Å²) in [6.45, 7) is 12.8. The zero-order valence-corrected chi connectivity index (χ0v) is 17.1. The molecule has 0 saturated heterocycles. The number of allylic oxidation sites excluding steroid dienone is 3. The summed E-state index contributed by atoms with van der Waals surface area (Å²) in [4.78, 5) is 16.9. The Balaban J connectivity index is 2.67. The zero-order valence-electron chi connectivity index (χ0n) is 17.1. The molecule has 1 aromatic rings. The van der Waals surface area contributed by atoms with E-state index >= 15 is 0 Å². The lowest BCUT2D eigenvalue weighted by molar-refractivity contribution is -0.104. The highest BCUT2D eigenvalue weighted by Crippen LogP contribution is 2.51. The first kappa shape index (κ1) is 21.0. The van der Waals surface area contributed by atoms with Gasteiger partial charge in [-0.2, -0.15) is 0 Å². The van der Waals surface area contributed by atoms with E-state index in [4.69, 9.17) is 10.7 Å². The number of carbonyl (C=O) groups is 1. The molecule has 0 heterocycles. The van der Waals surface area contributed by atoms with Gasteiger partial charge in [0, 0.05) is 29.6 Å². The van der Waals surface area contributed by atoms with Crippen LogP contribution >= 0.6 is 0 Å². The Morgan fingerprint density at radius 2 is 1.93 bits per heavy atom. The van der Waals surface area contributed by atoms with Crippen LogP contribution in [0.5, 0.6) is 0 Å². The van der Waals surface area contributed by atoms with Crippen LogP contribution in [-0.2, 0) is 4.79 Å². The first-order valence-electron chi connectivity index (χ1n) is 9.72. The fourth-order valence-corrected chi connectivity index (χ4v) is 3.14. The van der Waals surface area contributed by atoms with Crippen molar-refractivity contribution in [2.45, 2.75) is 53.4 Å². The van der Waals surface area contributed by atoms with Crippen LogP contribution in [0.2, 0.25) is 0 Å². The van der Waals surface area contributed by atoms with Crippen molar-refractivity contribution in [1.29, 1.82) is 0 Å². The smallest absolute Gasteiger partial charge is 0.151 e. The van der Waals surface area contributed by atoms with Crippen LogP contribution in [0, 0.1) is 12.3 Å². The van der Waals surface area contributed by atoms with E-state index in [0.717, 1.165) is 47.1 Å². The normalized spacial score (nSPS) is 17.4. The third-order valence-corrected chi connectivity index (χ3v) is 5.29. The van der Waals surface area contributed by atoms with Crippen LogP contribution < -0.4 is 5.73 Å². The van der Waals surface area contributed by atoms with Crippen molar-refractivity contribution in [1.82, 2.24) is 0 Å². The molecular formula is C24H32N2O. The SMILES string of the molecule is C=C(CN)C(/C(C=O)=C(\C)c1ccc(C)cc1)=C(/CC1(C)CC1)N=CCC. The summed E-state index contributed by atoms with van der Waals surface area (Å²) < 4.78 is 0. The fraction of sp³-hybridized carbons (Fsp3) is 0.417. The van der Waals surface area contributed by atoms with Crippen molar-refractivity contribution in [2.24, 2.45) is 16.1 Å². The third-order valence-electron chi connectivity index (χ3n) is 5.29. The van der Waals surface area contributed by atoms with Crippen molar-refractivity contribution in [3.63, 3.8) is 0 Å². The minimum Gasteiger partial charge on any atom is -0.326 e. The highest BCUT2D eigenvalue weighted by molar-refractivity contribution is 5.95. The molecule has 0 radical (unpaired) electrons. The second kappa shape index (κ2) is 9.09. The number of carbonyl (C=O) groups excluding carboxylic acids is 1. The summed E-state index contributed by atoms with van der Waals surface area (Å²) in [5.41, 5.74) is 12.5. The molecule has 1 aliphatic carbocycles. The van der Waals surface area contributed by atoms with Crippen molar-refractivity contribution in [3.8, 4) is 0 Å². The van der Waals surface area contributed by atoms with Crippen LogP contribution in [0.3, 0.4) is 0 Å². The van der Waals surface area contributed by atoms with Crippen molar-refractivity contribution in [2.75, 3.05) is 6.54 Å². The summed E-state index contributed by atoms with van der Waals surface area (Å²) in [5.74, 6) is 0. The van der Waals surface area contributed by atoms with Gasteiger partial charge in [0.05, 0.1) is 0 Å². The minimum absolute atomic E-state index is 0.270. The molecular weight excluding hydrogens is 332 g/mol. The molecule has 1 aliphatic rings. The molecule has 1 fully saturated rings. The predicted octanol–water partition coefficient (Wildman–Crippen LogP) is 5.41. The van der Waals surface area contributed by atoms with Crippen molar-refractivity contribution in [3.05, 3.63) is 64.4 Å². The highest BCUT2D eigenvalue weighted by atomic mass is 16.1. The Hall–Kier alpha value is -2.26. The second-order valence-electron chi connectivity index (χ2n) is 7.86. The molecule has 0 atom stereocenters. The van der Waals surface area contributed by atoms with Gasteiger partial charge in [-0.25, -0.2) is 0 Å². The average molecular weight is 365 g/mol. The Bertz CT molecular complexity index is 790. The topological polar surface area (TPSA) is 55.5 Å². The quantitative estimate of drug-likeness (QED) is 0.276. The van der Waals surface area contributed by atoms with Gasteiger partial charge in [0.15, 0.2) is 6.29 Å². The minimum atomic E-state index is 0.270. The molecule has 0 aromatic heterocycles. The number of rotatable bonds is 9. The van der Waals surface area contributed by atoms with E-state index in [9.17, 15) is 4.79 Å². The summed E-state index contributed by atoms with van der Waals surface area (Å²) in [7, 11) is 0. The van der Waals surface area contributed by atoms with Gasteiger partial charge in [-0.1, -0.05) is 50.3 Å². The molecule has 2 N–H and O–H groups in total. The standard InChI is InChI=1S/C24H32N2O/c1-6-13-26-22(14-24(5)11-12-24)23(18(3)15-25)21(16-27)19(4)20-9-7-17(2)8-10-20/h7-10,13,16H,3,6,11-12,14-15,25H2,1-2,4-5H3/b21-19+,23-22+,26-13?. The van der Waals surface area contributed by atoms with E-state index < -0.39 is 0 Å². The van der Waals surface area contributed by atoms with Crippen LogP contribution in [0.1, 0.15) is 57.6 Å². The van der Waals surface area contributed by atoms with Crippen LogP contribution in [0.15, 0.2) is 58.3 Å². The summed E-state index contributed by atoms with van der Waals surface area (Å²) in [5, 5.41) is 0. The number of benzene rings is 1. The molecule has 0 spiro atoms. The maximum absolute atomic E-state index is 12.2. The Morgan fingerprint density at radius 1 is 1.30 bits per heavy atom. The molecule has 3 nitrogen and oxygen atoms in total. The number of aliphatic imine (C=N–C) groups is 1. The number of hydrogen-bond acceptors (Lipinski definition) is 3. The maximum Gasteiger partial charge on any atom is 0.151 e. The van der Waals surface area contributed by atoms with Gasteiger partial charge in [-0.15, -0.1) is 0 Å². The predicted molar refractivity (Wildman–Crippen MR) is 116 cm³/mol. The lowest BCUT2D eigenvalue weighted by Crippen LogP contribution is -2.11. The average Bonchev–Trinajstić information content (AvgIpc) is 3.39. The van der Waals surface area contributed by atoms with Gasteiger partial charge >= 0.3 is 0 Å².